The highest BCUT2D eigenvalue weighted by Crippen LogP contribution is 2.19. The second-order valence-corrected chi connectivity index (χ2v) is 5.12. The van der Waals surface area contributed by atoms with E-state index in [0.717, 1.165) is 22.3 Å². The summed E-state index contributed by atoms with van der Waals surface area (Å²) in [5.74, 6) is -0.0965. The lowest BCUT2D eigenvalue weighted by Crippen LogP contribution is -2.27. The molecule has 0 unspecified atom stereocenters. The van der Waals surface area contributed by atoms with Crippen molar-refractivity contribution < 1.29 is 4.79 Å². The number of aryl methyl sites for hydroxylation is 2. The molecule has 0 aliphatic carbocycles. The van der Waals surface area contributed by atoms with Gasteiger partial charge in [-0.15, -0.1) is 12.4 Å². The molecule has 1 aromatic carbocycles. The number of halogens is 1. The van der Waals surface area contributed by atoms with Gasteiger partial charge >= 0.3 is 0 Å². The van der Waals surface area contributed by atoms with Crippen LogP contribution in [0.3, 0.4) is 0 Å². The summed E-state index contributed by atoms with van der Waals surface area (Å²) in [6.07, 6.45) is 1.64. The van der Waals surface area contributed by atoms with E-state index in [1.807, 2.05) is 38.2 Å². The van der Waals surface area contributed by atoms with E-state index in [2.05, 4.69) is 15.1 Å². The normalized spacial score (nSPS) is 10.5. The fourth-order valence-electron chi connectivity index (χ4n) is 2.41. The Labute approximate surface area is 134 Å². The molecule has 22 heavy (non-hydrogen) atoms. The molecule has 0 fully saturated rings. The van der Waals surface area contributed by atoms with Crippen molar-refractivity contribution in [2.45, 2.75) is 13.5 Å². The number of rotatable bonds is 3. The molecule has 0 radical (unpaired) electrons. The van der Waals surface area contributed by atoms with E-state index in [9.17, 15) is 4.79 Å². The van der Waals surface area contributed by atoms with Gasteiger partial charge in [0.15, 0.2) is 5.69 Å². The molecule has 1 N–H and O–H groups in total. The van der Waals surface area contributed by atoms with Gasteiger partial charge in [-0.2, -0.15) is 5.10 Å². The number of H-pyrrole nitrogens is 1. The minimum Gasteiger partial charge on any atom is -0.347 e. The molecular weight excluding hydrogens is 302 g/mol. The summed E-state index contributed by atoms with van der Waals surface area (Å²) >= 11 is 0. The summed E-state index contributed by atoms with van der Waals surface area (Å²) < 4.78 is 1.73. The lowest BCUT2D eigenvalue weighted by atomic mass is 10.2. The Hall–Kier alpha value is -2.34. The Kier molecular flexibility index (Phi) is 4.51. The number of hydrogen-bond donors (Lipinski definition) is 1. The summed E-state index contributed by atoms with van der Waals surface area (Å²) in [4.78, 5) is 21.5. The van der Waals surface area contributed by atoms with Crippen LogP contribution >= 0.6 is 12.4 Å². The minimum absolute atomic E-state index is 0. The van der Waals surface area contributed by atoms with Gasteiger partial charge in [-0.05, 0) is 13.0 Å². The maximum absolute atomic E-state index is 12.6. The molecule has 3 aromatic rings. The lowest BCUT2D eigenvalue weighted by molar-refractivity contribution is 0.0778. The number of nitrogens with zero attached hydrogens (tertiary/aromatic N) is 4. The molecule has 0 saturated carbocycles. The van der Waals surface area contributed by atoms with E-state index in [1.165, 1.54) is 0 Å². The van der Waals surface area contributed by atoms with Crippen molar-refractivity contribution in [3.05, 3.63) is 47.7 Å². The molecule has 0 bridgehead atoms. The third kappa shape index (κ3) is 2.69. The number of amides is 1. The SMILES string of the molecule is Cc1nc[nH]c1CN(C)C(=O)c1nn(C)c2ccccc12.Cl. The molecule has 116 valence electrons. The fourth-order valence-corrected chi connectivity index (χ4v) is 2.41. The predicted octanol–water partition coefficient (Wildman–Crippen LogP) is 2.30. The number of benzene rings is 1. The van der Waals surface area contributed by atoms with E-state index in [4.69, 9.17) is 0 Å². The van der Waals surface area contributed by atoms with E-state index in [1.54, 1.807) is 23.0 Å². The van der Waals surface area contributed by atoms with Crippen LogP contribution in [0.25, 0.3) is 10.9 Å². The molecule has 2 aromatic heterocycles. The van der Waals surface area contributed by atoms with E-state index in [-0.39, 0.29) is 18.3 Å². The zero-order valence-electron chi connectivity index (χ0n) is 12.7. The largest absolute Gasteiger partial charge is 0.347 e. The van der Waals surface area contributed by atoms with Crippen LogP contribution in [0.15, 0.2) is 30.6 Å². The van der Waals surface area contributed by atoms with Crippen LogP contribution in [0.5, 0.6) is 0 Å². The van der Waals surface area contributed by atoms with Crippen molar-refractivity contribution in [1.82, 2.24) is 24.6 Å². The maximum Gasteiger partial charge on any atom is 0.275 e. The molecule has 1 amide bonds. The Morgan fingerprint density at radius 2 is 2.09 bits per heavy atom. The van der Waals surface area contributed by atoms with Crippen molar-refractivity contribution in [2.24, 2.45) is 7.05 Å². The third-order valence-electron chi connectivity index (χ3n) is 3.64. The van der Waals surface area contributed by atoms with Gasteiger partial charge in [-0.3, -0.25) is 9.48 Å². The highest BCUT2D eigenvalue weighted by molar-refractivity contribution is 6.04. The molecule has 0 atom stereocenters. The molecule has 3 rings (SSSR count). The predicted molar refractivity (Wildman–Crippen MR) is 87.1 cm³/mol. The van der Waals surface area contributed by atoms with E-state index in [0.29, 0.717) is 12.2 Å². The van der Waals surface area contributed by atoms with Crippen LogP contribution < -0.4 is 0 Å². The average molecular weight is 320 g/mol. The number of para-hydroxylation sites is 1. The highest BCUT2D eigenvalue weighted by Gasteiger charge is 2.20. The van der Waals surface area contributed by atoms with Gasteiger partial charge < -0.3 is 9.88 Å². The summed E-state index contributed by atoms with van der Waals surface area (Å²) in [6.45, 7) is 2.40. The number of carbonyl (C=O) groups is 1. The number of carbonyl (C=O) groups excluding carboxylic acids is 1. The standard InChI is InChI=1S/C15H17N5O.ClH/c1-10-12(17-9-16-10)8-19(2)15(21)14-11-6-4-5-7-13(11)20(3)18-14;/h4-7,9H,8H2,1-3H3,(H,16,17);1H. The van der Waals surface area contributed by atoms with Crippen molar-refractivity contribution in [1.29, 1.82) is 0 Å². The van der Waals surface area contributed by atoms with Crippen LogP contribution in [0, 0.1) is 6.92 Å². The summed E-state index contributed by atoms with van der Waals surface area (Å²) in [6, 6.07) is 7.73. The summed E-state index contributed by atoms with van der Waals surface area (Å²) in [7, 11) is 3.62. The molecule has 6 nitrogen and oxygen atoms in total. The number of imidazole rings is 1. The van der Waals surface area contributed by atoms with Gasteiger partial charge in [0.25, 0.3) is 5.91 Å². The third-order valence-corrected chi connectivity index (χ3v) is 3.64. The van der Waals surface area contributed by atoms with Crippen LogP contribution in [-0.4, -0.2) is 37.6 Å². The second-order valence-electron chi connectivity index (χ2n) is 5.12. The summed E-state index contributed by atoms with van der Waals surface area (Å²) in [5, 5.41) is 5.24. The number of fused-ring (bicyclic) bond motifs is 1. The van der Waals surface area contributed by atoms with Crippen LogP contribution in [0.1, 0.15) is 21.9 Å². The number of nitrogens with one attached hydrogen (secondary N) is 1. The monoisotopic (exact) mass is 319 g/mol. The lowest BCUT2D eigenvalue weighted by Gasteiger charge is -2.15. The van der Waals surface area contributed by atoms with Crippen molar-refractivity contribution in [2.75, 3.05) is 7.05 Å². The highest BCUT2D eigenvalue weighted by atomic mass is 35.5. The van der Waals surface area contributed by atoms with E-state index >= 15 is 0 Å². The number of hydrogen-bond acceptors (Lipinski definition) is 3. The average Bonchev–Trinajstić information content (AvgIpc) is 3.03. The van der Waals surface area contributed by atoms with Gasteiger partial charge in [0.1, 0.15) is 0 Å². The van der Waals surface area contributed by atoms with E-state index < -0.39 is 0 Å². The Bertz CT molecular complexity index is 807. The van der Waals surface area contributed by atoms with Crippen molar-refractivity contribution in [3.63, 3.8) is 0 Å². The molecule has 2 heterocycles. The van der Waals surface area contributed by atoms with Crippen molar-refractivity contribution in [3.8, 4) is 0 Å². The van der Waals surface area contributed by atoms with Gasteiger partial charge in [0.05, 0.1) is 29.8 Å². The van der Waals surface area contributed by atoms with Gasteiger partial charge in [0.2, 0.25) is 0 Å². The quantitative estimate of drug-likeness (QED) is 0.805. The fraction of sp³-hybridized carbons (Fsp3) is 0.267. The zero-order chi connectivity index (χ0) is 15.0. The molecule has 7 heteroatoms. The molecule has 0 saturated heterocycles. The first-order valence-corrected chi connectivity index (χ1v) is 6.74. The van der Waals surface area contributed by atoms with Crippen LogP contribution in [0.2, 0.25) is 0 Å². The maximum atomic E-state index is 12.6. The van der Waals surface area contributed by atoms with Gasteiger partial charge in [-0.1, -0.05) is 18.2 Å². The topological polar surface area (TPSA) is 66.8 Å². The molecule has 0 spiro atoms. The molecule has 0 aliphatic heterocycles. The Morgan fingerprint density at radius 1 is 1.36 bits per heavy atom. The second kappa shape index (κ2) is 6.19. The smallest absolute Gasteiger partial charge is 0.275 e. The molecular formula is C15H18ClN5O. The summed E-state index contributed by atoms with van der Waals surface area (Å²) in [5.41, 5.74) is 3.27. The number of aromatic nitrogens is 4. The first-order chi connectivity index (χ1) is 10.1. The van der Waals surface area contributed by atoms with Crippen molar-refractivity contribution >= 4 is 29.2 Å². The van der Waals surface area contributed by atoms with Gasteiger partial charge in [0, 0.05) is 19.5 Å². The molecule has 0 aliphatic rings. The minimum atomic E-state index is -0.0965. The van der Waals surface area contributed by atoms with Gasteiger partial charge in [-0.25, -0.2) is 4.98 Å². The first kappa shape index (κ1) is 16.0. The zero-order valence-corrected chi connectivity index (χ0v) is 13.5. The number of aromatic amines is 1. The Balaban J connectivity index is 0.00000176. The van der Waals surface area contributed by atoms with Crippen LogP contribution in [-0.2, 0) is 13.6 Å². The Morgan fingerprint density at radius 3 is 2.77 bits per heavy atom. The van der Waals surface area contributed by atoms with Crippen LogP contribution in [0.4, 0.5) is 0 Å². The first-order valence-electron chi connectivity index (χ1n) is 6.74.